The number of thioether (sulfide) groups is 1. The number of methoxy groups -OCH3 is 1. The second-order valence-electron chi connectivity index (χ2n) is 3.41. The second-order valence-corrected chi connectivity index (χ2v) is 4.32. The Kier molecular flexibility index (Phi) is 9.60. The molecule has 0 saturated heterocycles. The zero-order valence-electron chi connectivity index (χ0n) is 12.0. The molecule has 0 radical (unpaired) electrons. The third kappa shape index (κ3) is 5.19. The highest BCUT2D eigenvalue weighted by atomic mass is 32.2. The van der Waals surface area contributed by atoms with E-state index >= 15 is 0 Å². The summed E-state index contributed by atoms with van der Waals surface area (Å²) < 4.78 is 10.7. The molecular formula is C14H25NO2S. The Hall–Kier alpha value is -0.870. The molecular weight excluding hydrogens is 246 g/mol. The Bertz CT molecular complexity index is 332. The van der Waals surface area contributed by atoms with Gasteiger partial charge in [-0.05, 0) is 30.9 Å². The molecule has 0 amide bonds. The maximum absolute atomic E-state index is 6.04. The molecule has 1 rings (SSSR count). The SMILES string of the molecule is CC.CCOc1cc(C(N)CSC)ccc1OC. The van der Waals surface area contributed by atoms with Crippen molar-refractivity contribution in [3.05, 3.63) is 23.8 Å². The first-order chi connectivity index (χ1) is 8.72. The summed E-state index contributed by atoms with van der Waals surface area (Å²) in [5.74, 6) is 2.42. The van der Waals surface area contributed by atoms with Crippen molar-refractivity contribution in [1.82, 2.24) is 0 Å². The minimum atomic E-state index is 0.0418. The normalized spacial score (nSPS) is 11.2. The van der Waals surface area contributed by atoms with Crippen LogP contribution < -0.4 is 15.2 Å². The molecule has 104 valence electrons. The molecule has 0 spiro atoms. The first-order valence-electron chi connectivity index (χ1n) is 6.28. The van der Waals surface area contributed by atoms with E-state index in [0.29, 0.717) is 6.61 Å². The fraction of sp³-hybridized carbons (Fsp3) is 0.571. The van der Waals surface area contributed by atoms with Crippen molar-refractivity contribution in [3.8, 4) is 11.5 Å². The molecule has 0 aromatic heterocycles. The van der Waals surface area contributed by atoms with Crippen molar-refractivity contribution in [2.24, 2.45) is 5.73 Å². The largest absolute Gasteiger partial charge is 0.493 e. The van der Waals surface area contributed by atoms with Gasteiger partial charge in [0.1, 0.15) is 0 Å². The zero-order valence-corrected chi connectivity index (χ0v) is 12.8. The third-order valence-corrected chi connectivity index (χ3v) is 2.95. The van der Waals surface area contributed by atoms with Crippen LogP contribution in [-0.4, -0.2) is 25.7 Å². The summed E-state index contributed by atoms with van der Waals surface area (Å²) in [7, 11) is 1.64. The minimum absolute atomic E-state index is 0.0418. The molecule has 18 heavy (non-hydrogen) atoms. The van der Waals surface area contributed by atoms with Gasteiger partial charge in [0, 0.05) is 11.8 Å². The van der Waals surface area contributed by atoms with Crippen LogP contribution in [0.3, 0.4) is 0 Å². The van der Waals surface area contributed by atoms with E-state index in [1.54, 1.807) is 18.9 Å². The van der Waals surface area contributed by atoms with Crippen molar-refractivity contribution >= 4 is 11.8 Å². The Morgan fingerprint density at radius 3 is 2.44 bits per heavy atom. The maximum atomic E-state index is 6.04. The number of ether oxygens (including phenoxy) is 2. The number of hydrogen-bond donors (Lipinski definition) is 1. The van der Waals surface area contributed by atoms with Gasteiger partial charge in [0.25, 0.3) is 0 Å². The quantitative estimate of drug-likeness (QED) is 0.860. The summed E-state index contributed by atoms with van der Waals surface area (Å²) in [6.07, 6.45) is 2.05. The van der Waals surface area contributed by atoms with Crippen molar-refractivity contribution in [2.75, 3.05) is 25.7 Å². The van der Waals surface area contributed by atoms with Crippen molar-refractivity contribution < 1.29 is 9.47 Å². The van der Waals surface area contributed by atoms with E-state index in [1.807, 2.05) is 45.2 Å². The Labute approximate surface area is 115 Å². The lowest BCUT2D eigenvalue weighted by Crippen LogP contribution is -2.13. The molecule has 0 aliphatic rings. The van der Waals surface area contributed by atoms with Gasteiger partial charge < -0.3 is 15.2 Å². The van der Waals surface area contributed by atoms with Gasteiger partial charge in [0.05, 0.1) is 13.7 Å². The van der Waals surface area contributed by atoms with E-state index < -0.39 is 0 Å². The predicted octanol–water partition coefficient (Wildman–Crippen LogP) is 3.48. The number of nitrogens with two attached hydrogens (primary N) is 1. The van der Waals surface area contributed by atoms with E-state index in [2.05, 4.69) is 0 Å². The number of hydrogen-bond acceptors (Lipinski definition) is 4. The summed E-state index contributed by atoms with van der Waals surface area (Å²) in [5.41, 5.74) is 7.13. The van der Waals surface area contributed by atoms with Gasteiger partial charge in [-0.25, -0.2) is 0 Å². The maximum Gasteiger partial charge on any atom is 0.161 e. The van der Waals surface area contributed by atoms with Crippen LogP contribution in [0.25, 0.3) is 0 Å². The molecule has 1 unspecified atom stereocenters. The van der Waals surface area contributed by atoms with Gasteiger partial charge in [-0.1, -0.05) is 19.9 Å². The summed E-state index contributed by atoms with van der Waals surface area (Å²) in [4.78, 5) is 0. The summed E-state index contributed by atoms with van der Waals surface area (Å²) in [6, 6.07) is 5.89. The van der Waals surface area contributed by atoms with E-state index in [0.717, 1.165) is 22.8 Å². The van der Waals surface area contributed by atoms with Crippen LogP contribution in [0.5, 0.6) is 11.5 Å². The molecule has 1 atom stereocenters. The Balaban J connectivity index is 0.00000137. The van der Waals surface area contributed by atoms with Gasteiger partial charge >= 0.3 is 0 Å². The van der Waals surface area contributed by atoms with Crippen molar-refractivity contribution in [1.29, 1.82) is 0 Å². The zero-order chi connectivity index (χ0) is 14.0. The average Bonchev–Trinajstić information content (AvgIpc) is 2.41. The highest BCUT2D eigenvalue weighted by Gasteiger charge is 2.10. The summed E-state index contributed by atoms with van der Waals surface area (Å²) in [5, 5.41) is 0. The standard InChI is InChI=1S/C12H19NO2S.C2H6/c1-4-15-12-7-9(10(13)8-16-3)5-6-11(12)14-2;1-2/h5-7,10H,4,8,13H2,1-3H3;1-2H3. The number of benzene rings is 1. The average molecular weight is 271 g/mol. The lowest BCUT2D eigenvalue weighted by atomic mass is 10.1. The van der Waals surface area contributed by atoms with Crippen molar-refractivity contribution in [3.63, 3.8) is 0 Å². The van der Waals surface area contributed by atoms with Crippen LogP contribution in [0.2, 0.25) is 0 Å². The van der Waals surface area contributed by atoms with Crippen LogP contribution in [-0.2, 0) is 0 Å². The van der Waals surface area contributed by atoms with Crippen LogP contribution in [0.15, 0.2) is 18.2 Å². The van der Waals surface area contributed by atoms with Crippen molar-refractivity contribution in [2.45, 2.75) is 26.8 Å². The topological polar surface area (TPSA) is 44.5 Å². The fourth-order valence-corrected chi connectivity index (χ4v) is 2.02. The molecule has 0 aliphatic heterocycles. The lowest BCUT2D eigenvalue weighted by molar-refractivity contribution is 0.310. The molecule has 1 aromatic carbocycles. The van der Waals surface area contributed by atoms with E-state index in [9.17, 15) is 0 Å². The first kappa shape index (κ1) is 17.1. The molecule has 0 bridgehead atoms. The van der Waals surface area contributed by atoms with E-state index in [4.69, 9.17) is 15.2 Å². The molecule has 3 nitrogen and oxygen atoms in total. The van der Waals surface area contributed by atoms with Gasteiger partial charge in [-0.2, -0.15) is 11.8 Å². The molecule has 0 aliphatic carbocycles. The third-order valence-electron chi connectivity index (χ3n) is 2.26. The monoisotopic (exact) mass is 271 g/mol. The highest BCUT2D eigenvalue weighted by Crippen LogP contribution is 2.30. The van der Waals surface area contributed by atoms with Gasteiger partial charge in [0.2, 0.25) is 0 Å². The van der Waals surface area contributed by atoms with Gasteiger partial charge in [-0.15, -0.1) is 0 Å². The van der Waals surface area contributed by atoms with Gasteiger partial charge in [0.15, 0.2) is 11.5 Å². The van der Waals surface area contributed by atoms with Crippen LogP contribution in [0, 0.1) is 0 Å². The molecule has 0 heterocycles. The lowest BCUT2D eigenvalue weighted by Gasteiger charge is -2.14. The predicted molar refractivity (Wildman–Crippen MR) is 80.8 cm³/mol. The molecule has 1 aromatic rings. The van der Waals surface area contributed by atoms with Crippen LogP contribution in [0.4, 0.5) is 0 Å². The Morgan fingerprint density at radius 2 is 1.94 bits per heavy atom. The number of rotatable bonds is 6. The molecule has 2 N–H and O–H groups in total. The Morgan fingerprint density at radius 1 is 1.28 bits per heavy atom. The molecule has 4 heteroatoms. The summed E-state index contributed by atoms with van der Waals surface area (Å²) >= 11 is 1.74. The van der Waals surface area contributed by atoms with Crippen LogP contribution >= 0.6 is 11.8 Å². The van der Waals surface area contributed by atoms with Gasteiger partial charge in [-0.3, -0.25) is 0 Å². The summed E-state index contributed by atoms with van der Waals surface area (Å²) in [6.45, 7) is 6.57. The first-order valence-corrected chi connectivity index (χ1v) is 7.67. The highest BCUT2D eigenvalue weighted by molar-refractivity contribution is 7.98. The molecule has 0 fully saturated rings. The molecule has 0 saturated carbocycles. The van der Waals surface area contributed by atoms with E-state index in [1.165, 1.54) is 0 Å². The smallest absolute Gasteiger partial charge is 0.161 e. The second kappa shape index (κ2) is 10.1. The fourth-order valence-electron chi connectivity index (χ4n) is 1.47. The minimum Gasteiger partial charge on any atom is -0.493 e. The van der Waals surface area contributed by atoms with E-state index in [-0.39, 0.29) is 6.04 Å². The van der Waals surface area contributed by atoms with Crippen LogP contribution in [0.1, 0.15) is 32.4 Å².